The molecule has 18 heavy (non-hydrogen) atoms. The van der Waals surface area contributed by atoms with Gasteiger partial charge in [-0.2, -0.15) is 17.6 Å². The summed E-state index contributed by atoms with van der Waals surface area (Å²) in [5.41, 5.74) is 0. The van der Waals surface area contributed by atoms with Crippen molar-refractivity contribution in [3.8, 4) is 0 Å². The van der Waals surface area contributed by atoms with Crippen LogP contribution in [0, 0.1) is 0 Å². The van der Waals surface area contributed by atoms with E-state index in [1.165, 1.54) is 0 Å². The fourth-order valence-corrected chi connectivity index (χ4v) is 1.21. The van der Waals surface area contributed by atoms with Crippen molar-refractivity contribution in [3.05, 3.63) is 0 Å². The van der Waals surface area contributed by atoms with Crippen molar-refractivity contribution < 1.29 is 44.8 Å². The molecule has 0 rings (SSSR count). The molecule has 0 saturated carbocycles. The molecule has 0 unspecified atom stereocenters. The minimum Gasteiger partial charge on any atom is -0.743 e. The number of rotatable bonds is 7. The van der Waals surface area contributed by atoms with Gasteiger partial charge in [0.2, 0.25) is 0 Å². The molecule has 6 nitrogen and oxygen atoms in total. The fraction of sp³-hybridized carbons (Fsp3) is 0.857. The number of hydrogen-bond acceptors (Lipinski definition) is 6. The van der Waals surface area contributed by atoms with Crippen LogP contribution in [0.1, 0.15) is 6.42 Å². The largest absolute Gasteiger partial charge is 0.743 e. The fourth-order valence-electron chi connectivity index (χ4n) is 0.743. The van der Waals surface area contributed by atoms with Crippen molar-refractivity contribution >= 4 is 16.1 Å². The van der Waals surface area contributed by atoms with Crippen LogP contribution in [0.4, 0.5) is 17.6 Å². The van der Waals surface area contributed by atoms with Crippen LogP contribution >= 0.6 is 0 Å². The summed E-state index contributed by atoms with van der Waals surface area (Å²) in [6, 6.07) is 0. The van der Waals surface area contributed by atoms with Crippen LogP contribution in [0.5, 0.6) is 0 Å². The Morgan fingerprint density at radius 1 is 1.28 bits per heavy atom. The van der Waals surface area contributed by atoms with E-state index < -0.39 is 46.9 Å². The third kappa shape index (κ3) is 4.07. The topological polar surface area (TPSA) is 92.7 Å². The molecule has 0 aliphatic carbocycles. The Hall–Kier alpha value is -0.940. The predicted octanol–water partition coefficient (Wildman–Crippen LogP) is 0.339. The molecule has 0 aliphatic heterocycles. The molecule has 0 atom stereocenters. The van der Waals surface area contributed by atoms with Gasteiger partial charge in [-0.15, -0.1) is 0 Å². The van der Waals surface area contributed by atoms with Crippen molar-refractivity contribution in [1.29, 1.82) is 0 Å². The Balaban J connectivity index is 4.45. The average molecular weight is 297 g/mol. The van der Waals surface area contributed by atoms with Gasteiger partial charge in [-0.05, 0) is 0 Å². The summed E-state index contributed by atoms with van der Waals surface area (Å²) in [5, 5.41) is -5.74. The average Bonchev–Trinajstić information content (AvgIpc) is 2.22. The highest BCUT2D eigenvalue weighted by atomic mass is 32.2. The molecule has 0 aromatic heterocycles. The van der Waals surface area contributed by atoms with Gasteiger partial charge in [0.05, 0.1) is 13.7 Å². The van der Waals surface area contributed by atoms with Gasteiger partial charge in [-0.3, -0.25) is 0 Å². The van der Waals surface area contributed by atoms with E-state index >= 15 is 0 Å². The predicted molar refractivity (Wildman–Crippen MR) is 47.0 cm³/mol. The van der Waals surface area contributed by atoms with E-state index in [1.54, 1.807) is 0 Å². The molecule has 11 heteroatoms. The van der Waals surface area contributed by atoms with Crippen LogP contribution in [0.25, 0.3) is 0 Å². The van der Waals surface area contributed by atoms with E-state index in [-0.39, 0.29) is 0 Å². The highest BCUT2D eigenvalue weighted by molar-refractivity contribution is 7.86. The van der Waals surface area contributed by atoms with Crippen LogP contribution in [-0.4, -0.2) is 50.4 Å². The molecular weight excluding hydrogens is 288 g/mol. The maximum absolute atomic E-state index is 12.8. The van der Waals surface area contributed by atoms with Gasteiger partial charge in [0.15, 0.2) is 10.1 Å². The first-order chi connectivity index (χ1) is 7.95. The van der Waals surface area contributed by atoms with E-state index in [4.69, 9.17) is 0 Å². The first-order valence-corrected chi connectivity index (χ1v) is 5.72. The minimum absolute atomic E-state index is 0.762. The Morgan fingerprint density at radius 3 is 2.17 bits per heavy atom. The lowest BCUT2D eigenvalue weighted by Gasteiger charge is -2.28. The molecule has 0 heterocycles. The third-order valence-electron chi connectivity index (χ3n) is 1.75. The van der Waals surface area contributed by atoms with Crippen LogP contribution in [0.3, 0.4) is 0 Å². The van der Waals surface area contributed by atoms with Gasteiger partial charge in [-0.1, -0.05) is 0 Å². The number of esters is 1. The SMILES string of the molecule is COC(=O)COCCC(F)(F)C(F)(F)S(=O)(=O)[O-]. The lowest BCUT2D eigenvalue weighted by molar-refractivity contribution is -0.173. The van der Waals surface area contributed by atoms with Gasteiger partial charge in [0.25, 0.3) is 0 Å². The number of alkyl halides is 4. The molecule has 0 spiro atoms. The summed E-state index contributed by atoms with van der Waals surface area (Å²) >= 11 is 0. The maximum atomic E-state index is 12.8. The summed E-state index contributed by atoms with van der Waals surface area (Å²) < 4.78 is 88.9. The summed E-state index contributed by atoms with van der Waals surface area (Å²) in [5.74, 6) is -6.02. The van der Waals surface area contributed by atoms with Crippen molar-refractivity contribution in [1.82, 2.24) is 0 Å². The number of methoxy groups -OCH3 is 1. The summed E-state index contributed by atoms with van der Waals surface area (Å²) in [4.78, 5) is 10.5. The summed E-state index contributed by atoms with van der Waals surface area (Å²) in [6.45, 7) is -1.81. The Bertz CT molecular complexity index is 393. The van der Waals surface area contributed by atoms with Crippen molar-refractivity contribution in [2.75, 3.05) is 20.3 Å². The second kappa shape index (κ2) is 5.80. The number of carbonyl (C=O) groups is 1. The van der Waals surface area contributed by atoms with Crippen molar-refractivity contribution in [3.63, 3.8) is 0 Å². The Kier molecular flexibility index (Phi) is 5.50. The smallest absolute Gasteiger partial charge is 0.396 e. The zero-order chi connectivity index (χ0) is 14.6. The Labute approximate surface area is 99.6 Å². The van der Waals surface area contributed by atoms with E-state index in [2.05, 4.69) is 9.47 Å². The number of halogens is 4. The lowest BCUT2D eigenvalue weighted by atomic mass is 10.2. The number of carbonyl (C=O) groups excluding carboxylic acids is 1. The quantitative estimate of drug-likeness (QED) is 0.291. The van der Waals surface area contributed by atoms with E-state index in [9.17, 15) is 35.3 Å². The second-order valence-corrected chi connectivity index (χ2v) is 4.48. The molecule has 0 N–H and O–H groups in total. The molecule has 0 bridgehead atoms. The standard InChI is InChI=1S/C7H10F4O6S/c1-16-5(12)4-17-3-2-6(8,9)7(10,11)18(13,14)15/h2-4H2,1H3,(H,13,14,15)/p-1. The molecule has 0 aliphatic rings. The first-order valence-electron chi connectivity index (χ1n) is 4.31. The lowest BCUT2D eigenvalue weighted by Crippen LogP contribution is -2.47. The molecule has 0 radical (unpaired) electrons. The highest BCUT2D eigenvalue weighted by Gasteiger charge is 2.61. The molecule has 0 fully saturated rings. The summed E-state index contributed by atoms with van der Waals surface area (Å²) in [7, 11) is -5.51. The molecular formula is C7H9F4O6S-. The zero-order valence-electron chi connectivity index (χ0n) is 8.99. The van der Waals surface area contributed by atoms with E-state index in [0.29, 0.717) is 0 Å². The van der Waals surface area contributed by atoms with Crippen LogP contribution < -0.4 is 0 Å². The minimum atomic E-state index is -6.50. The number of ether oxygens (including phenoxy) is 2. The molecule has 0 saturated heterocycles. The van der Waals surface area contributed by atoms with Gasteiger partial charge in [0, 0.05) is 6.42 Å². The monoisotopic (exact) mass is 297 g/mol. The normalized spacial score (nSPS) is 13.4. The van der Waals surface area contributed by atoms with Gasteiger partial charge < -0.3 is 14.0 Å². The summed E-state index contributed by atoms with van der Waals surface area (Å²) in [6.07, 6.45) is -1.74. The van der Waals surface area contributed by atoms with Crippen molar-refractivity contribution in [2.24, 2.45) is 0 Å². The molecule has 108 valence electrons. The van der Waals surface area contributed by atoms with Crippen LogP contribution in [0.2, 0.25) is 0 Å². The molecule has 0 aromatic carbocycles. The molecule has 0 aromatic rings. The molecule has 0 amide bonds. The van der Waals surface area contributed by atoms with E-state index in [1.807, 2.05) is 0 Å². The van der Waals surface area contributed by atoms with Crippen LogP contribution in [-0.2, 0) is 24.4 Å². The number of hydrogen-bond donors (Lipinski definition) is 0. The Morgan fingerprint density at radius 2 is 1.78 bits per heavy atom. The third-order valence-corrected chi connectivity index (χ3v) is 2.67. The van der Waals surface area contributed by atoms with E-state index in [0.717, 1.165) is 7.11 Å². The van der Waals surface area contributed by atoms with Gasteiger partial charge in [-0.25, -0.2) is 13.2 Å². The first kappa shape index (κ1) is 17.1. The second-order valence-electron chi connectivity index (χ2n) is 3.05. The highest BCUT2D eigenvalue weighted by Crippen LogP contribution is 2.40. The van der Waals surface area contributed by atoms with Crippen molar-refractivity contribution in [2.45, 2.75) is 17.6 Å². The van der Waals surface area contributed by atoms with Crippen LogP contribution in [0.15, 0.2) is 0 Å². The zero-order valence-corrected chi connectivity index (χ0v) is 9.81. The van der Waals surface area contributed by atoms with Gasteiger partial charge >= 0.3 is 17.1 Å². The maximum Gasteiger partial charge on any atom is 0.396 e. The van der Waals surface area contributed by atoms with Gasteiger partial charge in [0.1, 0.15) is 6.61 Å².